The van der Waals surface area contributed by atoms with Crippen LogP contribution >= 0.6 is 11.5 Å². The smallest absolute Gasteiger partial charge is 0.327 e. The van der Waals surface area contributed by atoms with E-state index in [9.17, 15) is 9.59 Å². The summed E-state index contributed by atoms with van der Waals surface area (Å²) in [6.07, 6.45) is 0. The van der Waals surface area contributed by atoms with Gasteiger partial charge in [0, 0.05) is 12.6 Å². The van der Waals surface area contributed by atoms with E-state index < -0.39 is 17.9 Å². The molecule has 0 aliphatic rings. The Morgan fingerprint density at radius 1 is 1.10 bits per heavy atom. The molecule has 0 unspecified atom stereocenters. The number of ether oxygens (including phenoxy) is 2. The molecule has 0 aromatic carbocycles. The summed E-state index contributed by atoms with van der Waals surface area (Å²) in [7, 11) is 4.00. The fourth-order valence-corrected chi connectivity index (χ4v) is 3.21. The van der Waals surface area contributed by atoms with E-state index in [0.717, 1.165) is 11.3 Å². The van der Waals surface area contributed by atoms with Crippen molar-refractivity contribution in [1.82, 2.24) is 13.9 Å². The van der Waals surface area contributed by atoms with E-state index in [2.05, 4.69) is 19.6 Å². The van der Waals surface area contributed by atoms with E-state index in [1.54, 1.807) is 14.0 Å². The van der Waals surface area contributed by atoms with Gasteiger partial charge < -0.3 is 14.0 Å². The molecular weight excluding hydrogens is 402 g/mol. The van der Waals surface area contributed by atoms with Gasteiger partial charge in [0.15, 0.2) is 10.8 Å². The van der Waals surface area contributed by atoms with Gasteiger partial charge in [0.25, 0.3) is 0 Å². The molecule has 0 aliphatic carbocycles. The fourth-order valence-electron chi connectivity index (χ4n) is 2.49. The highest BCUT2D eigenvalue weighted by Crippen LogP contribution is 2.32. The van der Waals surface area contributed by atoms with Crippen molar-refractivity contribution in [3.63, 3.8) is 0 Å². The van der Waals surface area contributed by atoms with Crippen LogP contribution in [0.15, 0.2) is 10.2 Å². The lowest BCUT2D eigenvalue weighted by molar-refractivity contribution is -0.300. The van der Waals surface area contributed by atoms with Gasteiger partial charge in [-0.2, -0.15) is 4.37 Å². The molecule has 0 fully saturated rings. The average Bonchev–Trinajstić information content (AvgIpc) is 3.19. The predicted molar refractivity (Wildman–Crippen MR) is 102 cm³/mol. The van der Waals surface area contributed by atoms with Crippen molar-refractivity contribution >= 4 is 34.3 Å². The summed E-state index contributed by atoms with van der Waals surface area (Å²) in [6, 6.07) is 0. The van der Waals surface area contributed by atoms with Gasteiger partial charge in [-0.1, -0.05) is 0 Å². The summed E-state index contributed by atoms with van der Waals surface area (Å²) in [6.45, 7) is 5.96. The number of aryl methyl sites for hydroxylation is 2. The van der Waals surface area contributed by atoms with Crippen LogP contribution in [-0.2, 0) is 42.5 Å². The van der Waals surface area contributed by atoms with E-state index in [1.807, 2.05) is 13.8 Å². The second-order valence-electron chi connectivity index (χ2n) is 5.84. The number of hydrogen-bond acceptors (Lipinski definition) is 11. The van der Waals surface area contributed by atoms with Crippen LogP contribution in [-0.4, -0.2) is 46.7 Å². The van der Waals surface area contributed by atoms with Crippen molar-refractivity contribution in [2.45, 2.75) is 33.3 Å². The van der Waals surface area contributed by atoms with Gasteiger partial charge in [0.1, 0.15) is 12.4 Å². The molecule has 0 aliphatic heterocycles. The Labute approximate surface area is 171 Å². The number of azo groups is 1. The van der Waals surface area contributed by atoms with E-state index in [4.69, 9.17) is 19.2 Å². The van der Waals surface area contributed by atoms with Gasteiger partial charge in [-0.05, 0) is 32.3 Å². The number of carbonyl (C=O) groups is 2. The number of aromatic nitrogens is 3. The van der Waals surface area contributed by atoms with E-state index in [1.165, 1.54) is 30.3 Å². The quantitative estimate of drug-likeness (QED) is 0.150. The van der Waals surface area contributed by atoms with Crippen LogP contribution in [0.5, 0.6) is 0 Å². The zero-order chi connectivity index (χ0) is 21.6. The molecule has 0 N–H and O–H groups in total. The molecule has 0 radical (unpaired) electrons. The highest BCUT2D eigenvalue weighted by atomic mass is 32.1. The van der Waals surface area contributed by atoms with Gasteiger partial charge in [0.05, 0.1) is 32.2 Å². The van der Waals surface area contributed by atoms with E-state index in [-0.39, 0.29) is 12.4 Å². The summed E-state index contributed by atoms with van der Waals surface area (Å²) in [5.41, 5.74) is 2.01. The van der Waals surface area contributed by atoms with Gasteiger partial charge in [0.2, 0.25) is 5.92 Å². The van der Waals surface area contributed by atoms with Gasteiger partial charge in [-0.15, -0.1) is 10.2 Å². The van der Waals surface area contributed by atoms with Crippen molar-refractivity contribution in [3.8, 4) is 0 Å². The largest absolute Gasteiger partial charge is 0.468 e. The van der Waals surface area contributed by atoms with Crippen molar-refractivity contribution in [2.24, 2.45) is 17.3 Å². The van der Waals surface area contributed by atoms with Crippen LogP contribution in [0.2, 0.25) is 0 Å². The van der Waals surface area contributed by atoms with Gasteiger partial charge >= 0.3 is 11.9 Å². The third-order valence-electron chi connectivity index (χ3n) is 4.00. The van der Waals surface area contributed by atoms with Crippen LogP contribution in [0.25, 0.3) is 0 Å². The number of hydrogen-bond donors (Lipinski definition) is 0. The minimum absolute atomic E-state index is 0.149. The first-order valence-electron chi connectivity index (χ1n) is 8.65. The standard InChI is InChI=1S/C17H23N5O6S/c1-7-27-28-8-11-9(2)21-29-15(11)20-19-13-10(3)18-14(22(13)4)12(16(23)25-5)17(24)26-6/h12H,7-8H2,1-6H3. The zero-order valence-electron chi connectivity index (χ0n) is 17.1. The van der Waals surface area contributed by atoms with Gasteiger partial charge in [-0.3, -0.25) is 9.59 Å². The number of esters is 2. The molecule has 2 aromatic rings. The maximum atomic E-state index is 12.1. The average molecular weight is 425 g/mol. The SMILES string of the molecule is CCOOCc1c(C)nsc1N=Nc1c(C)nc(C(C(=O)OC)C(=O)OC)n1C. The number of methoxy groups -OCH3 is 2. The maximum Gasteiger partial charge on any atom is 0.327 e. The van der Waals surface area contributed by atoms with Crippen molar-refractivity contribution < 1.29 is 28.8 Å². The van der Waals surface area contributed by atoms with Crippen molar-refractivity contribution in [3.05, 3.63) is 22.8 Å². The Balaban J connectivity index is 2.36. The molecule has 158 valence electrons. The van der Waals surface area contributed by atoms with Crippen LogP contribution < -0.4 is 0 Å². The van der Waals surface area contributed by atoms with Crippen LogP contribution in [0.4, 0.5) is 10.8 Å². The Bertz CT molecular complexity index is 891. The minimum atomic E-state index is -1.32. The second-order valence-corrected chi connectivity index (χ2v) is 6.59. The summed E-state index contributed by atoms with van der Waals surface area (Å²) < 4.78 is 15.2. The van der Waals surface area contributed by atoms with Crippen LogP contribution in [0, 0.1) is 13.8 Å². The van der Waals surface area contributed by atoms with E-state index in [0.29, 0.717) is 23.1 Å². The van der Waals surface area contributed by atoms with Crippen molar-refractivity contribution in [1.29, 1.82) is 0 Å². The van der Waals surface area contributed by atoms with Crippen molar-refractivity contribution in [2.75, 3.05) is 20.8 Å². The number of nitrogens with zero attached hydrogens (tertiary/aromatic N) is 5. The first-order valence-corrected chi connectivity index (χ1v) is 9.43. The summed E-state index contributed by atoms with van der Waals surface area (Å²) >= 11 is 1.17. The predicted octanol–water partition coefficient (Wildman–Crippen LogP) is 2.81. The topological polar surface area (TPSA) is 126 Å². The monoisotopic (exact) mass is 425 g/mol. The Kier molecular flexibility index (Phi) is 7.93. The molecule has 0 atom stereocenters. The summed E-state index contributed by atoms with van der Waals surface area (Å²) in [5, 5.41) is 9.06. The molecule has 0 amide bonds. The zero-order valence-corrected chi connectivity index (χ0v) is 17.9. The fraction of sp³-hybridized carbons (Fsp3) is 0.529. The summed E-state index contributed by atoms with van der Waals surface area (Å²) in [5.74, 6) is -2.35. The minimum Gasteiger partial charge on any atom is -0.468 e. The maximum absolute atomic E-state index is 12.1. The molecule has 0 saturated carbocycles. The molecular formula is C17H23N5O6S. The molecule has 11 nitrogen and oxygen atoms in total. The highest BCUT2D eigenvalue weighted by Gasteiger charge is 2.35. The Morgan fingerprint density at radius 3 is 2.34 bits per heavy atom. The van der Waals surface area contributed by atoms with E-state index >= 15 is 0 Å². The highest BCUT2D eigenvalue weighted by molar-refractivity contribution is 7.10. The third kappa shape index (κ3) is 5.02. The first kappa shape index (κ1) is 22.6. The number of imidazole rings is 1. The second kappa shape index (κ2) is 10.2. The first-order chi connectivity index (χ1) is 13.8. The molecule has 0 saturated heterocycles. The molecule has 12 heteroatoms. The lowest BCUT2D eigenvalue weighted by Gasteiger charge is -2.12. The molecule has 0 bridgehead atoms. The summed E-state index contributed by atoms with van der Waals surface area (Å²) in [4.78, 5) is 38.5. The molecule has 29 heavy (non-hydrogen) atoms. The molecule has 2 heterocycles. The number of carbonyl (C=O) groups excluding carboxylic acids is 2. The van der Waals surface area contributed by atoms with Crippen LogP contribution in [0.1, 0.15) is 35.6 Å². The lowest BCUT2D eigenvalue weighted by atomic mass is 10.1. The third-order valence-corrected chi connectivity index (χ3v) is 4.87. The Hall–Kier alpha value is -2.70. The molecule has 0 spiro atoms. The van der Waals surface area contributed by atoms with Gasteiger partial charge in [-0.25, -0.2) is 14.8 Å². The number of rotatable bonds is 9. The Morgan fingerprint density at radius 2 is 1.76 bits per heavy atom. The van der Waals surface area contributed by atoms with Crippen LogP contribution in [0.3, 0.4) is 0 Å². The lowest BCUT2D eigenvalue weighted by Crippen LogP contribution is -2.27. The molecule has 2 aromatic heterocycles. The molecule has 2 rings (SSSR count). The normalized spacial score (nSPS) is 11.4.